The number of amides is 1. The van der Waals surface area contributed by atoms with Crippen LogP contribution in [0.5, 0.6) is 17.4 Å². The first-order valence-corrected chi connectivity index (χ1v) is 16.9. The Kier molecular flexibility index (Phi) is 9.67. The molecule has 0 spiro atoms. The number of carbonyl (C=O) groups excluding carboxylic acids is 1. The van der Waals surface area contributed by atoms with Crippen molar-refractivity contribution in [2.24, 2.45) is 7.05 Å². The van der Waals surface area contributed by atoms with Crippen molar-refractivity contribution in [1.29, 1.82) is 5.26 Å². The van der Waals surface area contributed by atoms with Gasteiger partial charge in [0.05, 0.1) is 33.9 Å². The van der Waals surface area contributed by atoms with Crippen molar-refractivity contribution >= 4 is 32.5 Å². The number of nitrogens with one attached hydrogen (secondary N) is 1. The van der Waals surface area contributed by atoms with E-state index in [2.05, 4.69) is 14.6 Å². The number of fused-ring (bicyclic) bond motifs is 1. The molecule has 0 radical (unpaired) electrons. The van der Waals surface area contributed by atoms with Gasteiger partial charge in [-0.05, 0) is 66.2 Å². The summed E-state index contributed by atoms with van der Waals surface area (Å²) in [5.74, 6) is 0.771. The van der Waals surface area contributed by atoms with Crippen LogP contribution in [0.4, 0.5) is 18.9 Å². The molecule has 3 aromatic carbocycles. The van der Waals surface area contributed by atoms with E-state index in [0.717, 1.165) is 16.5 Å². The van der Waals surface area contributed by atoms with Gasteiger partial charge in [-0.1, -0.05) is 12.1 Å². The number of pyridine rings is 1. The average Bonchev–Trinajstić information content (AvgIpc) is 3.43. The molecular weight excluding hydrogens is 673 g/mol. The Morgan fingerprint density at radius 2 is 1.64 bits per heavy atom. The van der Waals surface area contributed by atoms with E-state index in [1.165, 1.54) is 54.7 Å². The van der Waals surface area contributed by atoms with Crippen molar-refractivity contribution in [3.8, 4) is 23.4 Å². The third-order valence-electron chi connectivity index (χ3n) is 8.13. The summed E-state index contributed by atoms with van der Waals surface area (Å²) in [4.78, 5) is 21.8. The monoisotopic (exact) mass is 704 g/mol. The highest BCUT2D eigenvalue weighted by molar-refractivity contribution is 7.92. The number of piperazine rings is 1. The number of anilines is 1. The first-order chi connectivity index (χ1) is 23.9. The fourth-order valence-corrected chi connectivity index (χ4v) is 6.55. The smallest absolute Gasteiger partial charge is 0.422 e. The van der Waals surface area contributed by atoms with Crippen molar-refractivity contribution in [3.05, 3.63) is 108 Å². The van der Waals surface area contributed by atoms with E-state index < -0.39 is 22.8 Å². The topological polar surface area (TPSA) is 130 Å². The molecule has 1 aliphatic heterocycles. The van der Waals surface area contributed by atoms with Gasteiger partial charge >= 0.3 is 6.18 Å². The molecular formula is C35H31F3N6O5S. The third-order valence-corrected chi connectivity index (χ3v) is 9.53. The Labute approximate surface area is 286 Å². The van der Waals surface area contributed by atoms with Gasteiger partial charge < -0.3 is 18.9 Å². The lowest BCUT2D eigenvalue weighted by Gasteiger charge is -2.34. The number of hydrogen-bond donors (Lipinski definition) is 1. The van der Waals surface area contributed by atoms with E-state index in [1.807, 2.05) is 29.8 Å². The second-order valence-corrected chi connectivity index (χ2v) is 13.3. The van der Waals surface area contributed by atoms with Gasteiger partial charge in [0.1, 0.15) is 17.2 Å². The van der Waals surface area contributed by atoms with E-state index in [-0.39, 0.29) is 28.1 Å². The number of aromatic nitrogens is 2. The maximum absolute atomic E-state index is 13.5. The van der Waals surface area contributed by atoms with Crippen LogP contribution in [-0.2, 0) is 23.6 Å². The van der Waals surface area contributed by atoms with Gasteiger partial charge in [-0.15, -0.1) is 0 Å². The molecule has 5 aromatic rings. The Hall–Kier alpha value is -5.59. The Morgan fingerprint density at radius 1 is 0.940 bits per heavy atom. The van der Waals surface area contributed by atoms with Crippen LogP contribution in [0.15, 0.2) is 96.0 Å². The fraction of sp³-hybridized carbons (Fsp3) is 0.229. The number of aryl methyl sites for hydroxylation is 1. The summed E-state index contributed by atoms with van der Waals surface area (Å²) in [7, 11) is -2.07. The number of sulfonamides is 1. The number of halogens is 3. The van der Waals surface area contributed by atoms with Crippen LogP contribution in [0.2, 0.25) is 0 Å². The van der Waals surface area contributed by atoms with Gasteiger partial charge in [-0.3, -0.25) is 14.4 Å². The van der Waals surface area contributed by atoms with Crippen LogP contribution >= 0.6 is 0 Å². The number of rotatable bonds is 10. The largest absolute Gasteiger partial charge is 0.484 e. The molecule has 1 fully saturated rings. The van der Waals surface area contributed by atoms with Gasteiger partial charge in [-0.2, -0.15) is 18.4 Å². The van der Waals surface area contributed by atoms with Gasteiger partial charge in [0, 0.05) is 57.3 Å². The summed E-state index contributed by atoms with van der Waals surface area (Å²) in [6.45, 7) is 1.59. The minimum atomic E-state index is -4.39. The summed E-state index contributed by atoms with van der Waals surface area (Å²) in [6.07, 6.45) is -3.06. The van der Waals surface area contributed by atoms with Crippen molar-refractivity contribution in [3.63, 3.8) is 0 Å². The Bertz CT molecular complexity index is 2140. The lowest BCUT2D eigenvalue weighted by atomic mass is 10.2. The van der Waals surface area contributed by atoms with Crippen LogP contribution in [0, 0.1) is 11.3 Å². The van der Waals surface area contributed by atoms with Crippen LogP contribution in [0.3, 0.4) is 0 Å². The SMILES string of the molecule is Cn1c(C(=O)N2CCN(Cc3ccc(OCC(F)(F)F)cc3)CC2)cc2ccc(Oc3ccc(NS(=O)(=O)c4ccc(C#N)cc4)cn3)cc21. The maximum atomic E-state index is 13.5. The predicted octanol–water partition coefficient (Wildman–Crippen LogP) is 5.94. The molecule has 11 nitrogen and oxygen atoms in total. The molecule has 3 heterocycles. The third kappa shape index (κ3) is 8.16. The molecule has 1 saturated heterocycles. The zero-order valence-electron chi connectivity index (χ0n) is 26.7. The quantitative estimate of drug-likeness (QED) is 0.189. The number of carbonyl (C=O) groups is 1. The Morgan fingerprint density at radius 3 is 2.28 bits per heavy atom. The van der Waals surface area contributed by atoms with E-state index >= 15 is 0 Å². The second kappa shape index (κ2) is 14.1. The summed E-state index contributed by atoms with van der Waals surface area (Å²) in [5.41, 5.74) is 2.82. The molecule has 258 valence electrons. The molecule has 2 aromatic heterocycles. The van der Waals surface area contributed by atoms with Crippen LogP contribution in [0.1, 0.15) is 21.6 Å². The van der Waals surface area contributed by atoms with Crippen molar-refractivity contribution < 1.29 is 35.9 Å². The van der Waals surface area contributed by atoms with Gasteiger partial charge in [-0.25, -0.2) is 13.4 Å². The predicted molar refractivity (Wildman–Crippen MR) is 178 cm³/mol. The summed E-state index contributed by atoms with van der Waals surface area (Å²) >= 11 is 0. The molecule has 0 atom stereocenters. The highest BCUT2D eigenvalue weighted by Crippen LogP contribution is 2.28. The average molecular weight is 705 g/mol. The minimum absolute atomic E-state index is 0.0101. The molecule has 1 N–H and O–H groups in total. The zero-order chi connectivity index (χ0) is 35.5. The van der Waals surface area contributed by atoms with Crippen LogP contribution in [0.25, 0.3) is 10.9 Å². The molecule has 0 aliphatic carbocycles. The van der Waals surface area contributed by atoms with E-state index in [0.29, 0.717) is 49.7 Å². The zero-order valence-corrected chi connectivity index (χ0v) is 27.5. The van der Waals surface area contributed by atoms with E-state index in [1.54, 1.807) is 29.2 Å². The number of benzene rings is 3. The first-order valence-electron chi connectivity index (χ1n) is 15.4. The highest BCUT2D eigenvalue weighted by atomic mass is 32.2. The van der Waals surface area contributed by atoms with Crippen LogP contribution < -0.4 is 14.2 Å². The number of hydrogen-bond acceptors (Lipinski definition) is 8. The summed E-state index contributed by atoms with van der Waals surface area (Å²) < 4.78 is 77.6. The molecule has 6 rings (SSSR count). The Balaban J connectivity index is 1.04. The molecule has 1 amide bonds. The summed E-state index contributed by atoms with van der Waals surface area (Å²) in [5, 5.41) is 9.79. The van der Waals surface area contributed by atoms with Gasteiger partial charge in [0.25, 0.3) is 15.9 Å². The standard InChI is InChI=1S/C35H31F3N6O5S/c1-42-31-19-29(49-33-13-7-27(21-40-33)41-50(46,47)30-11-4-24(20-39)5-12-30)10-6-26(31)18-32(42)34(45)44-16-14-43(15-17-44)22-25-2-8-28(9-3-25)48-23-35(36,37)38/h2-13,18-19,21,41H,14-17,22-23H2,1H3. The van der Waals surface area contributed by atoms with Gasteiger partial charge in [0.2, 0.25) is 5.88 Å². The summed E-state index contributed by atoms with van der Waals surface area (Å²) in [6, 6.07) is 24.3. The molecule has 50 heavy (non-hydrogen) atoms. The van der Waals surface area contributed by atoms with E-state index in [9.17, 15) is 26.4 Å². The number of nitrogens with zero attached hydrogens (tertiary/aromatic N) is 5. The normalized spacial score (nSPS) is 13.9. The highest BCUT2D eigenvalue weighted by Gasteiger charge is 2.28. The first kappa shape index (κ1) is 34.3. The molecule has 1 aliphatic rings. The molecule has 0 saturated carbocycles. The van der Waals surface area contributed by atoms with Crippen molar-refractivity contribution in [2.45, 2.75) is 17.6 Å². The lowest BCUT2D eigenvalue weighted by molar-refractivity contribution is -0.153. The molecule has 0 unspecified atom stereocenters. The number of alkyl halides is 3. The fourth-order valence-electron chi connectivity index (χ4n) is 5.51. The second-order valence-electron chi connectivity index (χ2n) is 11.7. The lowest BCUT2D eigenvalue weighted by Crippen LogP contribution is -2.48. The maximum Gasteiger partial charge on any atom is 0.422 e. The van der Waals surface area contributed by atoms with E-state index in [4.69, 9.17) is 14.7 Å². The van der Waals surface area contributed by atoms with Crippen molar-refractivity contribution in [1.82, 2.24) is 19.4 Å². The minimum Gasteiger partial charge on any atom is -0.484 e. The molecule has 15 heteroatoms. The van der Waals surface area contributed by atoms with Gasteiger partial charge in [0.15, 0.2) is 6.61 Å². The molecule has 0 bridgehead atoms. The number of nitriles is 1. The van der Waals surface area contributed by atoms with Crippen LogP contribution in [-0.4, -0.2) is 72.6 Å². The number of ether oxygens (including phenoxy) is 2. The van der Waals surface area contributed by atoms with Crippen molar-refractivity contribution in [2.75, 3.05) is 37.5 Å².